The first-order valence-electron chi connectivity index (χ1n) is 5.68. The number of aliphatic hydroxyl groups is 1. The van der Waals surface area contributed by atoms with Gasteiger partial charge in [-0.2, -0.15) is 0 Å². The van der Waals surface area contributed by atoms with Crippen molar-refractivity contribution in [1.82, 2.24) is 0 Å². The van der Waals surface area contributed by atoms with Crippen LogP contribution < -0.4 is 10.2 Å². The number of hydrogen-bond donors (Lipinski definition) is 2. The third-order valence-corrected chi connectivity index (χ3v) is 3.93. The first-order chi connectivity index (χ1) is 8.56. The van der Waals surface area contributed by atoms with E-state index in [0.717, 1.165) is 23.1 Å². The van der Waals surface area contributed by atoms with Crippen molar-refractivity contribution >= 4 is 39.0 Å². The second-order valence-electron chi connectivity index (χ2n) is 4.52. The molecular weight excluding hydrogens is 300 g/mol. The summed E-state index contributed by atoms with van der Waals surface area (Å²) in [5.74, 6) is -1.09. The van der Waals surface area contributed by atoms with E-state index in [0.29, 0.717) is 17.8 Å². The summed E-state index contributed by atoms with van der Waals surface area (Å²) in [5, 5.41) is 12.1. The number of benzene rings is 1. The predicted molar refractivity (Wildman–Crippen MR) is 69.9 cm³/mol. The van der Waals surface area contributed by atoms with Gasteiger partial charge in [0.15, 0.2) is 0 Å². The van der Waals surface area contributed by atoms with Crippen LogP contribution in [0, 0.1) is 0 Å². The first kappa shape index (κ1) is 11.7. The molecule has 18 heavy (non-hydrogen) atoms. The van der Waals surface area contributed by atoms with Gasteiger partial charge < -0.3 is 15.3 Å². The van der Waals surface area contributed by atoms with Crippen LogP contribution in [0.4, 0.5) is 11.4 Å². The van der Waals surface area contributed by atoms with Gasteiger partial charge in [0.2, 0.25) is 0 Å². The number of aliphatic hydroxyl groups excluding tert-OH is 1. The molecule has 0 aromatic heterocycles. The van der Waals surface area contributed by atoms with Gasteiger partial charge in [-0.15, -0.1) is 0 Å². The Bertz CT molecular complexity index is 558. The fraction of sp³-hybridized carbons (Fsp3) is 0.333. The van der Waals surface area contributed by atoms with Gasteiger partial charge in [-0.25, -0.2) is 0 Å². The van der Waals surface area contributed by atoms with E-state index in [2.05, 4.69) is 21.2 Å². The van der Waals surface area contributed by atoms with E-state index in [-0.39, 0.29) is 6.10 Å². The molecule has 2 aliphatic heterocycles. The van der Waals surface area contributed by atoms with Gasteiger partial charge in [-0.1, -0.05) is 0 Å². The van der Waals surface area contributed by atoms with Crippen molar-refractivity contribution in [2.75, 3.05) is 23.3 Å². The van der Waals surface area contributed by atoms with Crippen molar-refractivity contribution in [2.24, 2.45) is 0 Å². The molecule has 3 rings (SSSR count). The lowest BCUT2D eigenvalue weighted by atomic mass is 10.1. The maximum absolute atomic E-state index is 11.5. The van der Waals surface area contributed by atoms with Crippen molar-refractivity contribution in [2.45, 2.75) is 12.5 Å². The predicted octanol–water partition coefficient (Wildman–Crippen LogP) is 1.15. The van der Waals surface area contributed by atoms with Gasteiger partial charge in [0.05, 0.1) is 23.0 Å². The lowest BCUT2D eigenvalue weighted by molar-refractivity contribution is -0.112. The number of nitrogens with zero attached hydrogens (tertiary/aromatic N) is 1. The van der Waals surface area contributed by atoms with E-state index in [4.69, 9.17) is 0 Å². The minimum absolute atomic E-state index is 0.318. The molecule has 5 nitrogen and oxygen atoms in total. The highest BCUT2D eigenvalue weighted by Crippen LogP contribution is 2.36. The highest BCUT2D eigenvalue weighted by Gasteiger charge is 2.31. The molecular formula is C12H11BrN2O3. The normalized spacial score (nSPS) is 22.3. The molecule has 2 N–H and O–H groups in total. The van der Waals surface area contributed by atoms with Crippen LogP contribution in [0.15, 0.2) is 16.6 Å². The molecule has 6 heteroatoms. The van der Waals surface area contributed by atoms with Gasteiger partial charge in [0, 0.05) is 17.6 Å². The van der Waals surface area contributed by atoms with E-state index in [1.165, 1.54) is 0 Å². The van der Waals surface area contributed by atoms with Crippen molar-refractivity contribution in [3.63, 3.8) is 0 Å². The summed E-state index contributed by atoms with van der Waals surface area (Å²) < 4.78 is 0.764. The molecule has 1 fully saturated rings. The number of amides is 1. The third-order valence-electron chi connectivity index (χ3n) is 3.29. The number of carbonyl (C=O) groups is 2. The zero-order chi connectivity index (χ0) is 12.9. The number of hydrogen-bond acceptors (Lipinski definition) is 4. The molecule has 0 radical (unpaired) electrons. The summed E-state index contributed by atoms with van der Waals surface area (Å²) in [6.45, 7) is 1.33. The number of β-amino-alcohol motifs (C(OH)–C–C–N with tert-alkyl or cyclic N) is 1. The number of anilines is 2. The van der Waals surface area contributed by atoms with E-state index >= 15 is 0 Å². The number of carbonyl (C=O) groups excluding carboxylic acids is 2. The Morgan fingerprint density at radius 2 is 2.17 bits per heavy atom. The molecule has 0 bridgehead atoms. The van der Waals surface area contributed by atoms with Crippen LogP contribution in [0.25, 0.3) is 0 Å². The minimum Gasteiger partial charge on any atom is -0.391 e. The van der Waals surface area contributed by atoms with Gasteiger partial charge in [0.25, 0.3) is 11.7 Å². The fourth-order valence-electron chi connectivity index (χ4n) is 2.36. The summed E-state index contributed by atoms with van der Waals surface area (Å²) >= 11 is 3.41. The molecule has 1 atom stereocenters. The Labute approximate surface area is 112 Å². The van der Waals surface area contributed by atoms with Gasteiger partial charge >= 0.3 is 0 Å². The molecule has 94 valence electrons. The van der Waals surface area contributed by atoms with E-state index in [9.17, 15) is 14.7 Å². The number of Topliss-reactive ketones (excluding diaryl/α,β-unsaturated/α-hetero) is 1. The van der Waals surface area contributed by atoms with Gasteiger partial charge in [-0.3, -0.25) is 9.59 Å². The number of fused-ring (bicyclic) bond motifs is 1. The van der Waals surface area contributed by atoms with Crippen molar-refractivity contribution in [3.8, 4) is 0 Å². The maximum atomic E-state index is 11.5. The molecule has 1 saturated heterocycles. The molecule has 2 aliphatic rings. The fourth-order valence-corrected chi connectivity index (χ4v) is 2.95. The first-order valence-corrected chi connectivity index (χ1v) is 6.48. The van der Waals surface area contributed by atoms with Crippen LogP contribution in [-0.2, 0) is 4.79 Å². The lowest BCUT2D eigenvalue weighted by Gasteiger charge is -2.20. The third kappa shape index (κ3) is 1.72. The molecule has 0 spiro atoms. The second kappa shape index (κ2) is 4.07. The average molecular weight is 311 g/mol. The summed E-state index contributed by atoms with van der Waals surface area (Å²) in [6, 6.07) is 3.44. The summed E-state index contributed by atoms with van der Waals surface area (Å²) in [4.78, 5) is 24.9. The Morgan fingerprint density at radius 3 is 2.83 bits per heavy atom. The number of rotatable bonds is 1. The summed E-state index contributed by atoms with van der Waals surface area (Å²) in [6.07, 6.45) is 0.413. The molecule has 2 heterocycles. The monoisotopic (exact) mass is 310 g/mol. The van der Waals surface area contributed by atoms with Crippen LogP contribution in [0.1, 0.15) is 16.8 Å². The Hall–Kier alpha value is -1.40. The topological polar surface area (TPSA) is 69.6 Å². The van der Waals surface area contributed by atoms with Crippen molar-refractivity contribution in [1.29, 1.82) is 0 Å². The van der Waals surface area contributed by atoms with E-state index in [1.807, 2.05) is 4.90 Å². The molecule has 0 saturated carbocycles. The van der Waals surface area contributed by atoms with Crippen LogP contribution >= 0.6 is 15.9 Å². The zero-order valence-corrected chi connectivity index (χ0v) is 11.0. The average Bonchev–Trinajstić information content (AvgIpc) is 2.86. The van der Waals surface area contributed by atoms with Crippen molar-refractivity contribution in [3.05, 3.63) is 22.2 Å². The number of ketones is 1. The van der Waals surface area contributed by atoms with Crippen LogP contribution in [0.5, 0.6) is 0 Å². The van der Waals surface area contributed by atoms with Gasteiger partial charge in [-0.05, 0) is 34.5 Å². The number of halogens is 1. The highest BCUT2D eigenvalue weighted by atomic mass is 79.9. The minimum atomic E-state index is -0.587. The van der Waals surface area contributed by atoms with E-state index in [1.54, 1.807) is 12.1 Å². The Kier molecular flexibility index (Phi) is 2.64. The van der Waals surface area contributed by atoms with Gasteiger partial charge in [0.1, 0.15) is 0 Å². The molecule has 1 aromatic rings. The lowest BCUT2D eigenvalue weighted by Crippen LogP contribution is -2.21. The highest BCUT2D eigenvalue weighted by molar-refractivity contribution is 9.10. The van der Waals surface area contributed by atoms with E-state index < -0.39 is 11.7 Å². The standard InChI is InChI=1S/C12H11BrN2O3/c13-8-3-7-9(14-12(18)11(7)17)4-10(8)15-2-1-6(16)5-15/h3-4,6,16H,1-2,5H2,(H,14,17,18). The van der Waals surface area contributed by atoms with Crippen LogP contribution in [-0.4, -0.2) is 36.0 Å². The number of nitrogens with one attached hydrogen (secondary N) is 1. The molecule has 1 unspecified atom stereocenters. The Morgan fingerprint density at radius 1 is 1.39 bits per heavy atom. The van der Waals surface area contributed by atoms with Crippen LogP contribution in [0.2, 0.25) is 0 Å². The Balaban J connectivity index is 2.01. The largest absolute Gasteiger partial charge is 0.391 e. The zero-order valence-electron chi connectivity index (χ0n) is 9.44. The summed E-state index contributed by atoms with van der Waals surface area (Å²) in [7, 11) is 0. The molecule has 1 aromatic carbocycles. The SMILES string of the molecule is O=C1Nc2cc(N3CCC(O)C3)c(Br)cc2C1=O. The summed E-state index contributed by atoms with van der Waals surface area (Å²) in [5.41, 5.74) is 1.83. The quantitative estimate of drug-likeness (QED) is 0.764. The second-order valence-corrected chi connectivity index (χ2v) is 5.38. The maximum Gasteiger partial charge on any atom is 0.296 e. The van der Waals surface area contributed by atoms with Crippen molar-refractivity contribution < 1.29 is 14.7 Å². The molecule has 0 aliphatic carbocycles. The van der Waals surface area contributed by atoms with Crippen LogP contribution in [0.3, 0.4) is 0 Å². The smallest absolute Gasteiger partial charge is 0.296 e. The molecule has 1 amide bonds.